The molecule has 278 valence electrons. The minimum Gasteiger partial charge on any atom is -0.456 e. The van der Waals surface area contributed by atoms with E-state index in [0.29, 0.717) is 17.5 Å². The second-order valence-corrected chi connectivity index (χ2v) is 17.0. The fraction of sp³-hybridized carbons (Fsp3) is 0.0556. The van der Waals surface area contributed by atoms with E-state index in [9.17, 15) is 0 Å². The first-order valence-corrected chi connectivity index (χ1v) is 20.8. The number of hydrogen-bond acceptors (Lipinski definition) is 5. The largest absolute Gasteiger partial charge is 0.456 e. The van der Waals surface area contributed by atoms with Crippen LogP contribution < -0.4 is 0 Å². The van der Waals surface area contributed by atoms with Crippen molar-refractivity contribution >= 4 is 53.4 Å². The summed E-state index contributed by atoms with van der Waals surface area (Å²) in [5, 5.41) is 4.55. The maximum absolute atomic E-state index is 6.58. The molecule has 8 aromatic carbocycles. The molecule has 0 fully saturated rings. The second kappa shape index (κ2) is 12.9. The number of benzene rings is 8. The first-order chi connectivity index (χ1) is 29.0. The zero-order valence-corrected chi connectivity index (χ0v) is 33.2. The van der Waals surface area contributed by atoms with E-state index in [1.807, 2.05) is 41.7 Å². The van der Waals surface area contributed by atoms with Gasteiger partial charge in [-0.15, -0.1) is 11.3 Å². The van der Waals surface area contributed by atoms with E-state index < -0.39 is 0 Å². The molecule has 0 amide bonds. The van der Waals surface area contributed by atoms with E-state index in [1.54, 1.807) is 0 Å². The lowest BCUT2D eigenvalue weighted by atomic mass is 9.82. The summed E-state index contributed by atoms with van der Waals surface area (Å²) in [5.74, 6) is 1.87. The summed E-state index contributed by atoms with van der Waals surface area (Å²) in [7, 11) is 0. The Balaban J connectivity index is 1.04. The standard InChI is InChI=1S/C54H35N3OS/c1-54(2)43-20-10-9-17-38(43)39-26-23-36(31-44(39)54)52-55-51(33-15-7-4-8-16-33)56-53(57-52)40-19-11-21-46-49(40)41-30-35(24-27-45(41)58-46)37-18-12-22-48-50(37)42-29-34(25-28-47(42)59-48)32-13-5-3-6-14-32/h3-31H,1-2H3. The van der Waals surface area contributed by atoms with E-state index >= 15 is 0 Å². The number of aromatic nitrogens is 3. The Kier molecular flexibility index (Phi) is 7.41. The van der Waals surface area contributed by atoms with Gasteiger partial charge in [-0.05, 0) is 87.0 Å². The fourth-order valence-electron chi connectivity index (χ4n) is 9.24. The Bertz CT molecular complexity index is 3470. The van der Waals surface area contributed by atoms with Crippen LogP contribution in [0.25, 0.3) is 110 Å². The summed E-state index contributed by atoms with van der Waals surface area (Å²) < 4.78 is 9.12. The van der Waals surface area contributed by atoms with E-state index in [0.717, 1.165) is 44.2 Å². The Morgan fingerprint density at radius 3 is 1.88 bits per heavy atom. The van der Waals surface area contributed by atoms with Gasteiger partial charge >= 0.3 is 0 Å². The molecule has 0 unspecified atom stereocenters. The molecule has 1 aliphatic carbocycles. The first kappa shape index (κ1) is 33.9. The van der Waals surface area contributed by atoms with Gasteiger partial charge in [-0.3, -0.25) is 0 Å². The van der Waals surface area contributed by atoms with Crippen LogP contribution in [0.5, 0.6) is 0 Å². The highest BCUT2D eigenvalue weighted by molar-refractivity contribution is 7.26. The molecule has 4 nitrogen and oxygen atoms in total. The van der Waals surface area contributed by atoms with Gasteiger partial charge in [-0.25, -0.2) is 15.0 Å². The molecule has 3 aromatic heterocycles. The molecule has 0 bridgehead atoms. The van der Waals surface area contributed by atoms with Crippen molar-refractivity contribution in [3.8, 4) is 67.5 Å². The number of furan rings is 1. The zero-order chi connectivity index (χ0) is 39.2. The molecule has 3 heterocycles. The van der Waals surface area contributed by atoms with E-state index in [-0.39, 0.29) is 5.41 Å². The average molecular weight is 774 g/mol. The molecule has 1 aliphatic rings. The number of fused-ring (bicyclic) bond motifs is 9. The van der Waals surface area contributed by atoms with E-state index in [2.05, 4.69) is 159 Å². The molecular formula is C54H35N3OS. The number of hydrogen-bond donors (Lipinski definition) is 0. The average Bonchev–Trinajstić information content (AvgIpc) is 3.93. The van der Waals surface area contributed by atoms with Crippen molar-refractivity contribution in [2.24, 2.45) is 0 Å². The van der Waals surface area contributed by atoms with Gasteiger partial charge < -0.3 is 4.42 Å². The maximum atomic E-state index is 6.58. The summed E-state index contributed by atoms with van der Waals surface area (Å²) in [4.78, 5) is 15.6. The smallest absolute Gasteiger partial charge is 0.164 e. The van der Waals surface area contributed by atoms with Crippen LogP contribution in [0.3, 0.4) is 0 Å². The predicted molar refractivity (Wildman–Crippen MR) is 245 cm³/mol. The molecule has 0 N–H and O–H groups in total. The van der Waals surface area contributed by atoms with Crippen LogP contribution in [0.4, 0.5) is 0 Å². The van der Waals surface area contributed by atoms with Crippen LogP contribution in [-0.2, 0) is 5.41 Å². The van der Waals surface area contributed by atoms with Crippen molar-refractivity contribution in [3.05, 3.63) is 187 Å². The minimum atomic E-state index is -0.150. The van der Waals surface area contributed by atoms with Gasteiger partial charge in [0.25, 0.3) is 0 Å². The lowest BCUT2D eigenvalue weighted by molar-refractivity contribution is 0.660. The molecule has 11 aromatic rings. The Morgan fingerprint density at radius 2 is 1.03 bits per heavy atom. The van der Waals surface area contributed by atoms with Crippen LogP contribution in [0, 0.1) is 0 Å². The highest BCUT2D eigenvalue weighted by Crippen LogP contribution is 2.50. The van der Waals surface area contributed by atoms with Crippen LogP contribution >= 0.6 is 11.3 Å². The minimum absolute atomic E-state index is 0.150. The SMILES string of the molecule is CC1(C)c2ccccc2-c2ccc(-c3nc(-c4ccccc4)nc(-c4cccc5oc6ccc(-c7cccc8sc9ccc(-c%10ccccc%10)cc9c78)cc6c45)n3)cc21. The van der Waals surface area contributed by atoms with Crippen LogP contribution in [0.2, 0.25) is 0 Å². The highest BCUT2D eigenvalue weighted by Gasteiger charge is 2.35. The number of nitrogens with zero attached hydrogens (tertiary/aromatic N) is 3. The molecule has 12 rings (SSSR count). The topological polar surface area (TPSA) is 51.8 Å². The molecule has 0 aliphatic heterocycles. The van der Waals surface area contributed by atoms with Crippen molar-refractivity contribution in [1.82, 2.24) is 15.0 Å². The van der Waals surface area contributed by atoms with Gasteiger partial charge in [-0.2, -0.15) is 0 Å². The lowest BCUT2D eigenvalue weighted by Gasteiger charge is -2.21. The normalized spacial score (nSPS) is 13.1. The quantitative estimate of drug-likeness (QED) is 0.175. The third-order valence-electron chi connectivity index (χ3n) is 12.2. The molecule has 0 saturated heterocycles. The van der Waals surface area contributed by atoms with E-state index in [1.165, 1.54) is 59.1 Å². The van der Waals surface area contributed by atoms with Gasteiger partial charge in [0.2, 0.25) is 0 Å². The summed E-state index contributed by atoms with van der Waals surface area (Å²) in [6.45, 7) is 4.61. The Morgan fingerprint density at radius 1 is 0.390 bits per heavy atom. The molecule has 0 atom stereocenters. The first-order valence-electron chi connectivity index (χ1n) is 20.0. The van der Waals surface area contributed by atoms with Gasteiger partial charge in [0, 0.05) is 53.1 Å². The van der Waals surface area contributed by atoms with Crippen LogP contribution in [0.1, 0.15) is 25.0 Å². The van der Waals surface area contributed by atoms with Gasteiger partial charge in [0.15, 0.2) is 17.5 Å². The van der Waals surface area contributed by atoms with E-state index in [4.69, 9.17) is 19.4 Å². The van der Waals surface area contributed by atoms with Gasteiger partial charge in [-0.1, -0.05) is 147 Å². The summed E-state index contributed by atoms with van der Waals surface area (Å²) in [5.41, 5.74) is 14.2. The lowest BCUT2D eigenvalue weighted by Crippen LogP contribution is -2.15. The molecule has 0 saturated carbocycles. The van der Waals surface area contributed by atoms with Crippen molar-refractivity contribution in [2.75, 3.05) is 0 Å². The molecular weight excluding hydrogens is 739 g/mol. The molecule has 59 heavy (non-hydrogen) atoms. The third-order valence-corrected chi connectivity index (χ3v) is 13.3. The number of rotatable bonds is 5. The second-order valence-electron chi connectivity index (χ2n) is 16.0. The fourth-order valence-corrected chi connectivity index (χ4v) is 10.4. The molecule has 0 radical (unpaired) electrons. The van der Waals surface area contributed by atoms with Crippen molar-refractivity contribution in [1.29, 1.82) is 0 Å². The van der Waals surface area contributed by atoms with Crippen molar-refractivity contribution < 1.29 is 4.42 Å². The predicted octanol–water partition coefficient (Wildman–Crippen LogP) is 14.8. The molecule has 0 spiro atoms. The summed E-state index contributed by atoms with van der Waals surface area (Å²) in [6.07, 6.45) is 0. The maximum Gasteiger partial charge on any atom is 0.164 e. The van der Waals surface area contributed by atoms with Crippen LogP contribution in [-0.4, -0.2) is 15.0 Å². The van der Waals surface area contributed by atoms with Gasteiger partial charge in [0.05, 0.1) is 0 Å². The zero-order valence-electron chi connectivity index (χ0n) is 32.4. The summed E-state index contributed by atoms with van der Waals surface area (Å²) >= 11 is 1.84. The third kappa shape index (κ3) is 5.32. The van der Waals surface area contributed by atoms with Crippen LogP contribution in [0.15, 0.2) is 180 Å². The molecule has 5 heteroatoms. The van der Waals surface area contributed by atoms with Gasteiger partial charge in [0.1, 0.15) is 11.2 Å². The highest BCUT2D eigenvalue weighted by atomic mass is 32.1. The summed E-state index contributed by atoms with van der Waals surface area (Å²) in [6, 6.07) is 62.5. The Hall–Kier alpha value is -7.21. The monoisotopic (exact) mass is 773 g/mol. The van der Waals surface area contributed by atoms with Crippen molar-refractivity contribution in [3.63, 3.8) is 0 Å². The number of thiophene rings is 1. The van der Waals surface area contributed by atoms with Crippen molar-refractivity contribution in [2.45, 2.75) is 19.3 Å². The Labute approximate surface area is 345 Å².